The Morgan fingerprint density at radius 1 is 1.42 bits per heavy atom. The molecule has 0 radical (unpaired) electrons. The molecule has 2 heteroatoms. The van der Waals surface area contributed by atoms with Crippen molar-refractivity contribution >= 4 is 28.4 Å². The van der Waals surface area contributed by atoms with Crippen molar-refractivity contribution in [2.24, 2.45) is 16.7 Å². The first-order valence-electron chi connectivity index (χ1n) is 4.59. The normalized spacial score (nSPS) is 50.2. The minimum Gasteiger partial charge on any atom is -0.298 e. The van der Waals surface area contributed by atoms with Crippen LogP contribution in [-0.2, 0) is 4.79 Å². The molecule has 3 atom stereocenters. The van der Waals surface area contributed by atoms with E-state index in [1.54, 1.807) is 0 Å². The van der Waals surface area contributed by atoms with E-state index in [0.717, 1.165) is 6.42 Å². The summed E-state index contributed by atoms with van der Waals surface area (Å²) >= 11 is 2.34. The van der Waals surface area contributed by atoms with E-state index in [0.29, 0.717) is 11.7 Å². The lowest BCUT2D eigenvalue weighted by molar-refractivity contribution is -0.127. The summed E-state index contributed by atoms with van der Waals surface area (Å²) < 4.78 is 0.288. The number of carbonyl (C=O) groups excluding carboxylic acids is 1. The second-order valence-electron chi connectivity index (χ2n) is 4.96. The third-order valence-corrected chi connectivity index (χ3v) is 5.89. The van der Waals surface area contributed by atoms with Gasteiger partial charge in [0.1, 0.15) is 0 Å². The van der Waals surface area contributed by atoms with Crippen LogP contribution in [0.15, 0.2) is 0 Å². The van der Waals surface area contributed by atoms with Crippen molar-refractivity contribution in [1.29, 1.82) is 0 Å². The van der Waals surface area contributed by atoms with Crippen molar-refractivity contribution in [1.82, 2.24) is 0 Å². The number of ketones is 1. The fourth-order valence-corrected chi connectivity index (χ4v) is 4.92. The summed E-state index contributed by atoms with van der Waals surface area (Å²) in [7, 11) is 0. The highest BCUT2D eigenvalue weighted by Crippen LogP contribution is 2.65. The van der Waals surface area contributed by atoms with Gasteiger partial charge in [0.2, 0.25) is 0 Å². The summed E-state index contributed by atoms with van der Waals surface area (Å²) in [4.78, 5) is 11.9. The smallest absolute Gasteiger partial charge is 0.152 e. The van der Waals surface area contributed by atoms with E-state index < -0.39 is 0 Å². The molecule has 68 valence electrons. The monoisotopic (exact) mass is 278 g/mol. The highest BCUT2D eigenvalue weighted by atomic mass is 127. The lowest BCUT2D eigenvalue weighted by Gasteiger charge is -2.32. The van der Waals surface area contributed by atoms with Gasteiger partial charge in [0.25, 0.3) is 0 Å². The van der Waals surface area contributed by atoms with Gasteiger partial charge in [0.15, 0.2) is 5.78 Å². The van der Waals surface area contributed by atoms with E-state index in [4.69, 9.17) is 0 Å². The number of hydrogen-bond donors (Lipinski definition) is 0. The summed E-state index contributed by atoms with van der Waals surface area (Å²) in [5.41, 5.74) is 0.236. The number of alkyl halides is 1. The molecular formula is C10H15IO. The van der Waals surface area contributed by atoms with Crippen LogP contribution >= 0.6 is 22.6 Å². The maximum atomic E-state index is 11.9. The Balaban J connectivity index is 2.50. The zero-order chi connectivity index (χ0) is 9.15. The summed E-state index contributed by atoms with van der Waals surface area (Å²) in [6.07, 6.45) is 2.37. The molecule has 2 bridgehead atoms. The summed E-state index contributed by atoms with van der Waals surface area (Å²) in [5.74, 6) is 1.14. The molecule has 0 saturated heterocycles. The fourth-order valence-electron chi connectivity index (χ4n) is 2.98. The van der Waals surface area contributed by atoms with Gasteiger partial charge in [-0.05, 0) is 24.2 Å². The number of Topliss-reactive ketones (excluding diaryl/α,β-unsaturated/α-hetero) is 1. The van der Waals surface area contributed by atoms with Crippen LogP contribution in [0.2, 0.25) is 0 Å². The van der Waals surface area contributed by atoms with E-state index in [2.05, 4.69) is 43.4 Å². The Bertz CT molecular complexity index is 246. The average molecular weight is 278 g/mol. The average Bonchev–Trinajstić information content (AvgIpc) is 2.26. The van der Waals surface area contributed by atoms with Crippen molar-refractivity contribution in [2.75, 3.05) is 0 Å². The third kappa shape index (κ3) is 0.733. The van der Waals surface area contributed by atoms with Crippen LogP contribution in [-0.4, -0.2) is 9.71 Å². The van der Waals surface area contributed by atoms with Crippen molar-refractivity contribution in [3.63, 3.8) is 0 Å². The quantitative estimate of drug-likeness (QED) is 0.492. The summed E-state index contributed by atoms with van der Waals surface area (Å²) in [6, 6.07) is 0. The van der Waals surface area contributed by atoms with Crippen molar-refractivity contribution in [3.8, 4) is 0 Å². The zero-order valence-electron chi connectivity index (χ0n) is 7.86. The minimum atomic E-state index is -0.0104. The Morgan fingerprint density at radius 2 is 2.00 bits per heavy atom. The molecule has 0 aromatic rings. The first-order chi connectivity index (χ1) is 5.41. The van der Waals surface area contributed by atoms with Crippen molar-refractivity contribution < 1.29 is 4.79 Å². The van der Waals surface area contributed by atoms with Gasteiger partial charge in [-0.25, -0.2) is 0 Å². The second-order valence-corrected chi connectivity index (χ2v) is 6.31. The van der Waals surface area contributed by atoms with Crippen LogP contribution in [0.25, 0.3) is 0 Å². The van der Waals surface area contributed by atoms with E-state index in [-0.39, 0.29) is 14.8 Å². The SMILES string of the molecule is CC12CCC(C(I)C1=O)C2(C)C. The molecule has 0 aromatic carbocycles. The Labute approximate surface area is 87.4 Å². The predicted molar refractivity (Wildman–Crippen MR) is 57.4 cm³/mol. The van der Waals surface area contributed by atoms with Crippen LogP contribution in [0.4, 0.5) is 0 Å². The van der Waals surface area contributed by atoms with Crippen LogP contribution in [0, 0.1) is 16.7 Å². The van der Waals surface area contributed by atoms with Gasteiger partial charge in [0.05, 0.1) is 3.92 Å². The molecule has 3 unspecified atom stereocenters. The van der Waals surface area contributed by atoms with Crippen LogP contribution in [0.5, 0.6) is 0 Å². The summed E-state index contributed by atoms with van der Waals surface area (Å²) in [6.45, 7) is 6.69. The molecule has 2 saturated carbocycles. The van der Waals surface area contributed by atoms with E-state index >= 15 is 0 Å². The molecule has 2 rings (SSSR count). The van der Waals surface area contributed by atoms with Gasteiger partial charge in [0, 0.05) is 5.41 Å². The Morgan fingerprint density at radius 3 is 2.25 bits per heavy atom. The van der Waals surface area contributed by atoms with Crippen molar-refractivity contribution in [2.45, 2.75) is 37.5 Å². The van der Waals surface area contributed by atoms with Gasteiger partial charge in [-0.1, -0.05) is 43.4 Å². The van der Waals surface area contributed by atoms with E-state index in [1.807, 2.05) is 0 Å². The van der Waals surface area contributed by atoms with Gasteiger partial charge < -0.3 is 0 Å². The van der Waals surface area contributed by atoms with E-state index in [9.17, 15) is 4.79 Å². The Kier molecular flexibility index (Phi) is 1.68. The maximum absolute atomic E-state index is 11.9. The number of halogens is 1. The second kappa shape index (κ2) is 2.25. The lowest BCUT2D eigenvalue weighted by atomic mass is 9.70. The Hall–Kier alpha value is 0.400. The minimum absolute atomic E-state index is 0.0104. The molecule has 0 amide bonds. The molecule has 2 aliphatic carbocycles. The molecule has 2 aliphatic rings. The highest BCUT2D eigenvalue weighted by molar-refractivity contribution is 14.1. The highest BCUT2D eigenvalue weighted by Gasteiger charge is 2.65. The number of carbonyl (C=O) groups is 1. The zero-order valence-corrected chi connectivity index (χ0v) is 10.0. The number of hydrogen-bond acceptors (Lipinski definition) is 1. The maximum Gasteiger partial charge on any atom is 0.152 e. The largest absolute Gasteiger partial charge is 0.298 e. The molecular weight excluding hydrogens is 263 g/mol. The van der Waals surface area contributed by atoms with Crippen LogP contribution < -0.4 is 0 Å². The molecule has 0 aliphatic heterocycles. The molecule has 2 fully saturated rings. The first-order valence-corrected chi connectivity index (χ1v) is 5.84. The first kappa shape index (κ1) is 8.97. The van der Waals surface area contributed by atoms with Crippen LogP contribution in [0.1, 0.15) is 33.6 Å². The van der Waals surface area contributed by atoms with Gasteiger partial charge in [-0.15, -0.1) is 0 Å². The third-order valence-electron chi connectivity index (χ3n) is 4.45. The van der Waals surface area contributed by atoms with Gasteiger partial charge in [-0.3, -0.25) is 4.79 Å². The number of rotatable bonds is 0. The fraction of sp³-hybridized carbons (Fsp3) is 0.900. The van der Waals surface area contributed by atoms with Crippen molar-refractivity contribution in [3.05, 3.63) is 0 Å². The predicted octanol–water partition coefficient (Wildman–Crippen LogP) is 2.82. The number of fused-ring (bicyclic) bond motifs is 2. The molecule has 0 N–H and O–H groups in total. The van der Waals surface area contributed by atoms with Gasteiger partial charge >= 0.3 is 0 Å². The molecule has 0 aromatic heterocycles. The molecule has 0 heterocycles. The standard InChI is InChI=1S/C10H15IO/c1-9(2)6-4-5-10(9,3)8(12)7(6)11/h6-7H,4-5H2,1-3H3. The van der Waals surface area contributed by atoms with Crippen LogP contribution in [0.3, 0.4) is 0 Å². The lowest BCUT2D eigenvalue weighted by Crippen LogP contribution is -2.33. The molecule has 1 nitrogen and oxygen atoms in total. The van der Waals surface area contributed by atoms with Gasteiger partial charge in [-0.2, -0.15) is 0 Å². The van der Waals surface area contributed by atoms with E-state index in [1.165, 1.54) is 6.42 Å². The summed E-state index contributed by atoms with van der Waals surface area (Å²) in [5, 5.41) is 0. The topological polar surface area (TPSA) is 17.1 Å². The molecule has 12 heavy (non-hydrogen) atoms. The molecule has 0 spiro atoms.